The van der Waals surface area contributed by atoms with Crippen LogP contribution < -0.4 is 26.6 Å². The van der Waals surface area contributed by atoms with Crippen molar-refractivity contribution in [2.75, 3.05) is 25.4 Å². The van der Waals surface area contributed by atoms with Crippen molar-refractivity contribution in [3.8, 4) is 0 Å². The van der Waals surface area contributed by atoms with Crippen LogP contribution in [0.4, 0.5) is 0 Å². The molecule has 0 radical (unpaired) electrons. The van der Waals surface area contributed by atoms with Crippen molar-refractivity contribution < 1.29 is 33.4 Å². The number of amides is 5. The lowest BCUT2D eigenvalue weighted by molar-refractivity contribution is -0.140. The highest BCUT2D eigenvalue weighted by Crippen LogP contribution is 2.25. The Morgan fingerprint density at radius 3 is 2.16 bits per heavy atom. The van der Waals surface area contributed by atoms with Crippen LogP contribution in [0.3, 0.4) is 0 Å². The number of ether oxygens (including phenoxy) is 2. The molecule has 4 rings (SSSR count). The van der Waals surface area contributed by atoms with Crippen molar-refractivity contribution in [2.45, 2.75) is 141 Å². The minimum atomic E-state index is -1.28. The molecule has 0 aliphatic carbocycles. The summed E-state index contributed by atoms with van der Waals surface area (Å²) in [6.45, 7) is 22.9. The number of fused-ring (bicyclic) bond motifs is 2. The fraction of sp³-hybridized carbons (Fsp3) is 0.628. The van der Waals surface area contributed by atoms with E-state index in [9.17, 15) is 24.0 Å². The third kappa shape index (κ3) is 13.0. The molecular formula is C43H65N7O7S. The van der Waals surface area contributed by atoms with Crippen LogP contribution in [0.15, 0.2) is 60.6 Å². The Morgan fingerprint density at radius 1 is 0.862 bits per heavy atom. The van der Waals surface area contributed by atoms with Gasteiger partial charge in [0.2, 0.25) is 29.5 Å². The van der Waals surface area contributed by atoms with E-state index in [1.165, 1.54) is 11.8 Å². The number of rotatable bonds is 12. The van der Waals surface area contributed by atoms with E-state index in [-0.39, 0.29) is 30.4 Å². The van der Waals surface area contributed by atoms with Gasteiger partial charge >= 0.3 is 0 Å². The van der Waals surface area contributed by atoms with E-state index in [1.54, 1.807) is 46.8 Å². The lowest BCUT2D eigenvalue weighted by Gasteiger charge is -2.33. The van der Waals surface area contributed by atoms with Gasteiger partial charge in [0.15, 0.2) is 0 Å². The van der Waals surface area contributed by atoms with Gasteiger partial charge in [-0.15, -0.1) is 24.9 Å². The molecule has 0 spiro atoms. The van der Waals surface area contributed by atoms with E-state index >= 15 is 0 Å². The van der Waals surface area contributed by atoms with Crippen molar-refractivity contribution in [2.24, 2.45) is 10.9 Å². The minimum Gasteiger partial charge on any atom is -0.369 e. The summed E-state index contributed by atoms with van der Waals surface area (Å²) in [6.07, 6.45) is 4.78. The molecule has 3 heterocycles. The molecule has 0 saturated carbocycles. The first-order valence-electron chi connectivity index (χ1n) is 20.5. The number of carbonyl (C=O) groups excluding carboxylic acids is 5. The molecule has 9 atom stereocenters. The third-order valence-corrected chi connectivity index (χ3v) is 12.2. The maximum Gasteiger partial charge on any atom is 0.246 e. The van der Waals surface area contributed by atoms with E-state index in [0.717, 1.165) is 12.0 Å². The van der Waals surface area contributed by atoms with Gasteiger partial charge in [-0.3, -0.25) is 33.9 Å². The Balaban J connectivity index is 1.77. The van der Waals surface area contributed by atoms with E-state index in [1.807, 2.05) is 51.1 Å². The molecule has 14 nitrogen and oxygen atoms in total. The monoisotopic (exact) mass is 823 g/mol. The van der Waals surface area contributed by atoms with Crippen LogP contribution in [0.5, 0.6) is 0 Å². The second-order valence-corrected chi connectivity index (χ2v) is 17.8. The number of aliphatic imine (C=N–C) groups is 1. The second kappa shape index (κ2) is 20.8. The molecule has 3 aliphatic heterocycles. The summed E-state index contributed by atoms with van der Waals surface area (Å²) in [5.74, 6) is -2.37. The van der Waals surface area contributed by atoms with E-state index in [4.69, 9.17) is 14.5 Å². The molecule has 58 heavy (non-hydrogen) atoms. The molecule has 1 fully saturated rings. The van der Waals surface area contributed by atoms with E-state index < -0.39 is 71.3 Å². The number of nitrogens with zero attached hydrogens (tertiary/aromatic N) is 2. The number of benzene rings is 1. The predicted octanol–water partition coefficient (Wildman–Crippen LogP) is 3.06. The third-order valence-electron chi connectivity index (χ3n) is 11.0. The van der Waals surface area contributed by atoms with Gasteiger partial charge in [-0.05, 0) is 78.8 Å². The van der Waals surface area contributed by atoms with Gasteiger partial charge in [0.25, 0.3) is 0 Å². The summed E-state index contributed by atoms with van der Waals surface area (Å²) in [4.78, 5) is 77.6. The van der Waals surface area contributed by atoms with Crippen LogP contribution in [0.1, 0.15) is 80.2 Å². The Labute approximate surface area is 348 Å². The van der Waals surface area contributed by atoms with Crippen molar-refractivity contribution in [3.63, 3.8) is 0 Å². The predicted molar refractivity (Wildman–Crippen MR) is 228 cm³/mol. The second-order valence-electron chi connectivity index (χ2n) is 16.8. The normalized spacial score (nSPS) is 28.3. The zero-order chi connectivity index (χ0) is 42.8. The van der Waals surface area contributed by atoms with Crippen LogP contribution in [-0.4, -0.2) is 125 Å². The molecule has 2 bridgehead atoms. The minimum absolute atomic E-state index is 0.149. The van der Waals surface area contributed by atoms with Crippen LogP contribution in [0.2, 0.25) is 0 Å². The number of carbonyl (C=O) groups is 5. The first-order valence-corrected chi connectivity index (χ1v) is 21.4. The first-order chi connectivity index (χ1) is 27.4. The maximum atomic E-state index is 14.4. The highest BCUT2D eigenvalue weighted by molar-refractivity contribution is 8.14. The Kier molecular flexibility index (Phi) is 16.7. The summed E-state index contributed by atoms with van der Waals surface area (Å²) < 4.78 is 12.3. The van der Waals surface area contributed by atoms with Crippen molar-refractivity contribution in [3.05, 3.63) is 61.2 Å². The van der Waals surface area contributed by atoms with Crippen LogP contribution in [-0.2, 0) is 39.9 Å². The number of hydrogen-bond acceptors (Lipinski definition) is 10. The van der Waals surface area contributed by atoms with Crippen molar-refractivity contribution >= 4 is 46.3 Å². The quantitative estimate of drug-likeness (QED) is 0.198. The SMILES string of the molecule is C=CC(C)(C)OC[C@@H]1NC(=O)[C@H]([C@@H](C)OC(C)(C)C=C)NC(=O)[C@@H]2CSC(=N2)[C@@H](Cc2ccccc2)NC(=O)[C@@H]2CCCN2C[C@H](C)NC(=O)[C@H]([C@@H](C)CC)NC1=O. The average Bonchev–Trinajstić information content (AvgIpc) is 3.87. The lowest BCUT2D eigenvalue weighted by atomic mass is 9.97. The van der Waals surface area contributed by atoms with Crippen LogP contribution in [0.25, 0.3) is 0 Å². The maximum absolute atomic E-state index is 14.4. The molecule has 1 aromatic rings. The van der Waals surface area contributed by atoms with Gasteiger partial charge in [0.05, 0.1) is 41.0 Å². The molecule has 1 saturated heterocycles. The van der Waals surface area contributed by atoms with Gasteiger partial charge in [-0.1, -0.05) is 62.8 Å². The highest BCUT2D eigenvalue weighted by Gasteiger charge is 2.40. The fourth-order valence-corrected chi connectivity index (χ4v) is 8.20. The molecule has 15 heteroatoms. The zero-order valence-electron chi connectivity index (χ0n) is 35.5. The van der Waals surface area contributed by atoms with Gasteiger partial charge in [0, 0.05) is 18.3 Å². The molecular weight excluding hydrogens is 759 g/mol. The summed E-state index contributed by atoms with van der Waals surface area (Å²) >= 11 is 1.39. The van der Waals surface area contributed by atoms with Crippen LogP contribution in [0, 0.1) is 5.92 Å². The van der Waals surface area contributed by atoms with Gasteiger partial charge in [-0.25, -0.2) is 0 Å². The number of hydrogen-bond donors (Lipinski definition) is 5. The number of nitrogens with one attached hydrogen (secondary N) is 5. The smallest absolute Gasteiger partial charge is 0.246 e. The molecule has 320 valence electrons. The van der Waals surface area contributed by atoms with Gasteiger partial charge in [0.1, 0.15) is 24.2 Å². The standard InChI is InChI=1S/C43H65N7O7S/c1-11-26(4)34-39(54)44-27(5)23-50-21-17-20-33(50)38(53)45-30(22-29-18-15-14-16-19-29)41-47-32(25-58-41)37(52)49-35(28(6)57-43(9,10)13-3)40(55)46-31(36(51)48-34)24-56-42(7,8)12-2/h12-16,18-19,26-28,30-35H,2-3,11,17,20-25H2,1,4-10H3,(H,44,54)(H,45,53)(H,46,55)(H,48,51)(H,49,52)/t26-,27-,28+,30+,31-,32-,33-,34-,35-/m0/s1. The van der Waals surface area contributed by atoms with Crippen molar-refractivity contribution in [1.82, 2.24) is 31.5 Å². The van der Waals surface area contributed by atoms with Gasteiger partial charge in [-0.2, -0.15) is 0 Å². The molecule has 0 aromatic heterocycles. The molecule has 1 aromatic carbocycles. The lowest BCUT2D eigenvalue weighted by Crippen LogP contribution is -2.62. The van der Waals surface area contributed by atoms with E-state index in [0.29, 0.717) is 43.1 Å². The Hall–Kier alpha value is -4.05. The summed E-state index contributed by atoms with van der Waals surface area (Å²) in [6, 6.07) is 4.11. The topological polar surface area (TPSA) is 180 Å². The molecule has 5 N–H and O–H groups in total. The molecule has 5 amide bonds. The first kappa shape index (κ1) is 46.6. The molecule has 0 unspecified atom stereocenters. The fourth-order valence-electron chi connectivity index (χ4n) is 7.10. The zero-order valence-corrected chi connectivity index (χ0v) is 36.3. The number of thioether (sulfide) groups is 1. The summed E-state index contributed by atoms with van der Waals surface area (Å²) in [5, 5.41) is 15.5. The summed E-state index contributed by atoms with van der Waals surface area (Å²) in [5.41, 5.74) is -0.734. The highest BCUT2D eigenvalue weighted by atomic mass is 32.2. The van der Waals surface area contributed by atoms with E-state index in [2.05, 4.69) is 44.6 Å². The Morgan fingerprint density at radius 2 is 1.50 bits per heavy atom. The molecule has 3 aliphatic rings. The largest absolute Gasteiger partial charge is 0.369 e. The van der Waals surface area contributed by atoms with Gasteiger partial charge < -0.3 is 36.1 Å². The van der Waals surface area contributed by atoms with Crippen LogP contribution >= 0.6 is 11.8 Å². The van der Waals surface area contributed by atoms with Crippen molar-refractivity contribution in [1.29, 1.82) is 0 Å². The summed E-state index contributed by atoms with van der Waals surface area (Å²) in [7, 11) is 0. The average molecular weight is 824 g/mol. The Bertz CT molecular complexity index is 1670.